The molecule has 3 nitrogen and oxygen atoms in total. The number of hydrogen-bond donors (Lipinski definition) is 1. The van der Waals surface area contributed by atoms with Crippen LogP contribution < -0.4 is 5.32 Å². The fourth-order valence-corrected chi connectivity index (χ4v) is 3.19. The minimum Gasteiger partial charge on any atom is -0.370 e. The molecule has 1 aliphatic rings. The van der Waals surface area contributed by atoms with E-state index in [2.05, 4.69) is 48.1 Å². The number of rotatable bonds is 7. The Bertz CT molecular complexity index is 397. The minimum absolute atomic E-state index is 0.717. The zero-order valence-corrected chi connectivity index (χ0v) is 13.2. The molecule has 20 heavy (non-hydrogen) atoms. The third kappa shape index (κ3) is 4.20. The van der Waals surface area contributed by atoms with Crippen molar-refractivity contribution in [1.82, 2.24) is 9.88 Å². The van der Waals surface area contributed by atoms with Gasteiger partial charge in [-0.05, 0) is 31.7 Å². The highest BCUT2D eigenvalue weighted by Crippen LogP contribution is 2.26. The number of aromatic nitrogens is 1. The molecule has 0 aliphatic heterocycles. The fraction of sp³-hybridized carbons (Fsp3) is 0.706. The van der Waals surface area contributed by atoms with Gasteiger partial charge >= 0.3 is 0 Å². The van der Waals surface area contributed by atoms with Crippen LogP contribution in [0, 0.1) is 5.92 Å². The van der Waals surface area contributed by atoms with Gasteiger partial charge in [0.05, 0.1) is 0 Å². The van der Waals surface area contributed by atoms with Crippen molar-refractivity contribution < 1.29 is 0 Å². The van der Waals surface area contributed by atoms with Crippen molar-refractivity contribution in [2.24, 2.45) is 5.92 Å². The van der Waals surface area contributed by atoms with Crippen LogP contribution >= 0.6 is 0 Å². The van der Waals surface area contributed by atoms with E-state index in [-0.39, 0.29) is 0 Å². The van der Waals surface area contributed by atoms with Crippen molar-refractivity contribution >= 4 is 5.82 Å². The Morgan fingerprint density at radius 2 is 2.10 bits per heavy atom. The zero-order valence-electron chi connectivity index (χ0n) is 13.2. The quantitative estimate of drug-likeness (QED) is 0.817. The van der Waals surface area contributed by atoms with E-state index in [4.69, 9.17) is 0 Å². The highest BCUT2D eigenvalue weighted by molar-refractivity contribution is 5.43. The number of nitrogens with zero attached hydrogens (tertiary/aromatic N) is 2. The summed E-state index contributed by atoms with van der Waals surface area (Å²) >= 11 is 0. The SMILES string of the molecule is CCNc1ncccc1CN(CC(C)C)C1CCCC1. The number of pyridine rings is 1. The molecule has 0 saturated heterocycles. The summed E-state index contributed by atoms with van der Waals surface area (Å²) in [5.41, 5.74) is 1.34. The molecule has 0 amide bonds. The first-order valence-corrected chi connectivity index (χ1v) is 8.12. The first-order chi connectivity index (χ1) is 9.70. The summed E-state index contributed by atoms with van der Waals surface area (Å²) in [7, 11) is 0. The van der Waals surface area contributed by atoms with E-state index < -0.39 is 0 Å². The first kappa shape index (κ1) is 15.3. The van der Waals surface area contributed by atoms with Gasteiger partial charge in [0, 0.05) is 37.4 Å². The summed E-state index contributed by atoms with van der Waals surface area (Å²) in [5, 5.41) is 3.39. The monoisotopic (exact) mass is 275 g/mol. The minimum atomic E-state index is 0.717. The van der Waals surface area contributed by atoms with Crippen LogP contribution in [0.3, 0.4) is 0 Å². The molecule has 2 rings (SSSR count). The van der Waals surface area contributed by atoms with Gasteiger partial charge in [-0.2, -0.15) is 0 Å². The molecule has 1 aliphatic carbocycles. The standard InChI is InChI=1S/C17H29N3/c1-4-18-17-15(8-7-11-19-17)13-20(12-14(2)3)16-9-5-6-10-16/h7-8,11,14,16H,4-6,9-10,12-13H2,1-3H3,(H,18,19). The molecule has 1 aromatic rings. The molecule has 0 radical (unpaired) electrons. The average molecular weight is 275 g/mol. The second-order valence-corrected chi connectivity index (χ2v) is 6.30. The number of hydrogen-bond acceptors (Lipinski definition) is 3. The normalized spacial score (nSPS) is 16.2. The van der Waals surface area contributed by atoms with Gasteiger partial charge in [0.2, 0.25) is 0 Å². The largest absolute Gasteiger partial charge is 0.370 e. The van der Waals surface area contributed by atoms with Crippen molar-refractivity contribution in [2.45, 2.75) is 59.0 Å². The summed E-state index contributed by atoms with van der Waals surface area (Å²) in [5.74, 6) is 1.77. The molecule has 112 valence electrons. The van der Waals surface area contributed by atoms with E-state index in [0.717, 1.165) is 30.9 Å². The lowest BCUT2D eigenvalue weighted by Crippen LogP contribution is -2.36. The Labute approximate surface area is 123 Å². The van der Waals surface area contributed by atoms with Crippen LogP contribution in [-0.4, -0.2) is 29.0 Å². The van der Waals surface area contributed by atoms with Crippen molar-refractivity contribution in [1.29, 1.82) is 0 Å². The molecule has 0 unspecified atom stereocenters. The van der Waals surface area contributed by atoms with Crippen LogP contribution in [0.5, 0.6) is 0 Å². The van der Waals surface area contributed by atoms with Crippen molar-refractivity contribution in [3.63, 3.8) is 0 Å². The van der Waals surface area contributed by atoms with Crippen molar-refractivity contribution in [3.05, 3.63) is 23.9 Å². The Balaban J connectivity index is 2.09. The Kier molecular flexibility index (Phi) is 5.84. The van der Waals surface area contributed by atoms with E-state index in [1.165, 1.54) is 37.8 Å². The number of nitrogens with one attached hydrogen (secondary N) is 1. The van der Waals surface area contributed by atoms with E-state index in [0.29, 0.717) is 0 Å². The number of anilines is 1. The molecular weight excluding hydrogens is 246 g/mol. The maximum atomic E-state index is 4.49. The van der Waals surface area contributed by atoms with Gasteiger partial charge in [-0.25, -0.2) is 4.98 Å². The lowest BCUT2D eigenvalue weighted by atomic mass is 10.1. The van der Waals surface area contributed by atoms with E-state index in [1.54, 1.807) is 0 Å². The molecule has 1 saturated carbocycles. The Morgan fingerprint density at radius 3 is 2.75 bits per heavy atom. The molecule has 0 spiro atoms. The Morgan fingerprint density at radius 1 is 1.35 bits per heavy atom. The second kappa shape index (κ2) is 7.63. The Hall–Kier alpha value is -1.09. The topological polar surface area (TPSA) is 28.2 Å². The predicted octanol–water partition coefficient (Wildman–Crippen LogP) is 3.91. The van der Waals surface area contributed by atoms with Gasteiger partial charge in [-0.3, -0.25) is 4.90 Å². The van der Waals surface area contributed by atoms with E-state index >= 15 is 0 Å². The van der Waals surface area contributed by atoms with Crippen LogP contribution in [0.4, 0.5) is 5.82 Å². The first-order valence-electron chi connectivity index (χ1n) is 8.12. The highest BCUT2D eigenvalue weighted by Gasteiger charge is 2.23. The summed E-state index contributed by atoms with van der Waals surface area (Å²) < 4.78 is 0. The highest BCUT2D eigenvalue weighted by atomic mass is 15.2. The third-order valence-corrected chi connectivity index (χ3v) is 4.05. The molecule has 1 aromatic heterocycles. The fourth-order valence-electron chi connectivity index (χ4n) is 3.19. The lowest BCUT2D eigenvalue weighted by molar-refractivity contribution is 0.169. The molecule has 3 heteroatoms. The molecule has 1 N–H and O–H groups in total. The van der Waals surface area contributed by atoms with Crippen LogP contribution in [0.2, 0.25) is 0 Å². The maximum absolute atomic E-state index is 4.49. The summed E-state index contributed by atoms with van der Waals surface area (Å²) in [6.45, 7) is 9.90. The average Bonchev–Trinajstić information content (AvgIpc) is 2.94. The molecule has 1 heterocycles. The van der Waals surface area contributed by atoms with Gasteiger partial charge < -0.3 is 5.32 Å². The van der Waals surface area contributed by atoms with Crippen molar-refractivity contribution in [3.8, 4) is 0 Å². The third-order valence-electron chi connectivity index (χ3n) is 4.05. The summed E-state index contributed by atoms with van der Waals surface area (Å²) in [4.78, 5) is 7.17. The van der Waals surface area contributed by atoms with Crippen LogP contribution in [-0.2, 0) is 6.54 Å². The van der Waals surface area contributed by atoms with E-state index in [1.807, 2.05) is 6.20 Å². The van der Waals surface area contributed by atoms with Gasteiger partial charge in [0.25, 0.3) is 0 Å². The molecule has 1 fully saturated rings. The van der Waals surface area contributed by atoms with Gasteiger partial charge in [0.1, 0.15) is 5.82 Å². The summed E-state index contributed by atoms with van der Waals surface area (Å²) in [6, 6.07) is 5.04. The van der Waals surface area contributed by atoms with Gasteiger partial charge in [0.15, 0.2) is 0 Å². The zero-order chi connectivity index (χ0) is 14.4. The predicted molar refractivity (Wildman–Crippen MR) is 85.9 cm³/mol. The van der Waals surface area contributed by atoms with Crippen LogP contribution in [0.1, 0.15) is 52.0 Å². The van der Waals surface area contributed by atoms with Crippen molar-refractivity contribution in [2.75, 3.05) is 18.4 Å². The molecule has 0 aromatic carbocycles. The molecular formula is C17H29N3. The van der Waals surface area contributed by atoms with E-state index in [9.17, 15) is 0 Å². The molecule has 0 atom stereocenters. The van der Waals surface area contributed by atoms with Crippen LogP contribution in [0.15, 0.2) is 18.3 Å². The maximum Gasteiger partial charge on any atom is 0.130 e. The van der Waals surface area contributed by atoms with Gasteiger partial charge in [-0.15, -0.1) is 0 Å². The molecule has 0 bridgehead atoms. The summed E-state index contributed by atoms with van der Waals surface area (Å²) in [6.07, 6.45) is 7.40. The van der Waals surface area contributed by atoms with Gasteiger partial charge in [-0.1, -0.05) is 32.8 Å². The smallest absolute Gasteiger partial charge is 0.130 e. The van der Waals surface area contributed by atoms with Crippen LogP contribution in [0.25, 0.3) is 0 Å². The second-order valence-electron chi connectivity index (χ2n) is 6.30. The lowest BCUT2D eigenvalue weighted by Gasteiger charge is -2.31.